The van der Waals surface area contributed by atoms with Crippen molar-refractivity contribution in [2.75, 3.05) is 13.6 Å². The maximum Gasteiger partial charge on any atom is 0.264 e. The van der Waals surface area contributed by atoms with Crippen LogP contribution in [0.5, 0.6) is 0 Å². The summed E-state index contributed by atoms with van der Waals surface area (Å²) in [7, 11) is 2.08. The van der Waals surface area contributed by atoms with Gasteiger partial charge in [0.05, 0.1) is 12.1 Å². The maximum absolute atomic E-state index is 13.8. The molecule has 3 nitrogen and oxygen atoms in total. The van der Waals surface area contributed by atoms with Gasteiger partial charge in [0.15, 0.2) is 0 Å². The molecule has 0 aromatic heterocycles. The fourth-order valence-electron chi connectivity index (χ4n) is 3.29. The van der Waals surface area contributed by atoms with Crippen LogP contribution in [0.2, 0.25) is 0 Å². The molecule has 0 bridgehead atoms. The number of allylic oxidation sites excluding steroid dienone is 3. The minimum Gasteiger partial charge on any atom is -0.374 e. The lowest BCUT2D eigenvalue weighted by atomic mass is 9.87. The van der Waals surface area contributed by atoms with Crippen molar-refractivity contribution in [3.63, 3.8) is 0 Å². The van der Waals surface area contributed by atoms with Gasteiger partial charge in [-0.1, -0.05) is 0 Å². The molecule has 122 valence electrons. The molecular formula is C17H25F2N3. The van der Waals surface area contributed by atoms with Crippen molar-refractivity contribution in [3.05, 3.63) is 36.3 Å². The molecule has 5 heteroatoms. The standard InChI is InChI=1S/C17H25F2N3/c1-21(12-13-6-7-13)14-4-3-10-22(11-8-14)15-5-2-9-17(18,19)16(15)20/h3-4,8,10-11,13,15-16H,2,5-7,9,12,20H2,1H3/t15-,16+/m0/s1. The predicted octanol–water partition coefficient (Wildman–Crippen LogP) is 3.07. The van der Waals surface area contributed by atoms with Crippen molar-refractivity contribution >= 4 is 0 Å². The first-order chi connectivity index (χ1) is 10.5. The molecule has 22 heavy (non-hydrogen) atoms. The molecule has 0 aromatic carbocycles. The number of hydrogen-bond donors (Lipinski definition) is 1. The highest BCUT2D eigenvalue weighted by Crippen LogP contribution is 2.35. The summed E-state index contributed by atoms with van der Waals surface area (Å²) < 4.78 is 27.7. The van der Waals surface area contributed by atoms with E-state index in [1.807, 2.05) is 35.5 Å². The first-order valence-electron chi connectivity index (χ1n) is 8.16. The molecule has 0 spiro atoms. The van der Waals surface area contributed by atoms with E-state index in [-0.39, 0.29) is 12.5 Å². The van der Waals surface area contributed by atoms with Crippen molar-refractivity contribution in [3.8, 4) is 0 Å². The van der Waals surface area contributed by atoms with Crippen LogP contribution in [0.15, 0.2) is 36.3 Å². The van der Waals surface area contributed by atoms with E-state index in [0.717, 1.165) is 18.2 Å². The smallest absolute Gasteiger partial charge is 0.264 e. The summed E-state index contributed by atoms with van der Waals surface area (Å²) in [6.07, 6.45) is 13.5. The van der Waals surface area contributed by atoms with Gasteiger partial charge in [-0.25, -0.2) is 8.78 Å². The minimum absolute atomic E-state index is 0.0977. The van der Waals surface area contributed by atoms with Crippen LogP contribution in [0.1, 0.15) is 32.1 Å². The average molecular weight is 309 g/mol. The largest absolute Gasteiger partial charge is 0.374 e. The number of nitrogens with zero attached hydrogens (tertiary/aromatic N) is 2. The second kappa shape index (κ2) is 6.03. The first-order valence-corrected chi connectivity index (χ1v) is 8.16. The Labute approximate surface area is 131 Å². The highest BCUT2D eigenvalue weighted by atomic mass is 19.3. The van der Waals surface area contributed by atoms with E-state index in [9.17, 15) is 8.78 Å². The van der Waals surface area contributed by atoms with Crippen LogP contribution in [0.25, 0.3) is 0 Å². The van der Waals surface area contributed by atoms with Gasteiger partial charge in [-0.3, -0.25) is 0 Å². The van der Waals surface area contributed by atoms with Gasteiger partial charge in [-0.2, -0.15) is 0 Å². The summed E-state index contributed by atoms with van der Waals surface area (Å²) in [6.45, 7) is 1.06. The van der Waals surface area contributed by atoms with Crippen molar-refractivity contribution in [1.29, 1.82) is 0 Å². The molecule has 0 unspecified atom stereocenters. The summed E-state index contributed by atoms with van der Waals surface area (Å²) in [5.74, 6) is -1.95. The number of halogens is 2. The molecular weight excluding hydrogens is 284 g/mol. The molecule has 2 N–H and O–H groups in total. The molecule has 2 atom stereocenters. The lowest BCUT2D eigenvalue weighted by Crippen LogP contribution is -2.56. The van der Waals surface area contributed by atoms with E-state index in [1.165, 1.54) is 12.8 Å². The van der Waals surface area contributed by atoms with Gasteiger partial charge in [-0.15, -0.1) is 0 Å². The molecule has 1 aliphatic heterocycles. The molecule has 3 rings (SSSR count). The van der Waals surface area contributed by atoms with Crippen LogP contribution in [-0.2, 0) is 0 Å². The lowest BCUT2D eigenvalue weighted by Gasteiger charge is -2.40. The third-order valence-corrected chi connectivity index (χ3v) is 4.91. The average Bonchev–Trinajstić information content (AvgIpc) is 3.28. The normalized spacial score (nSPS) is 30.9. The second-order valence-electron chi connectivity index (χ2n) is 6.77. The maximum atomic E-state index is 13.8. The molecule has 2 aliphatic carbocycles. The first kappa shape index (κ1) is 15.5. The van der Waals surface area contributed by atoms with Gasteiger partial charge in [0, 0.05) is 38.1 Å². The number of nitrogens with two attached hydrogens (primary N) is 1. The van der Waals surface area contributed by atoms with E-state index in [1.54, 1.807) is 0 Å². The second-order valence-corrected chi connectivity index (χ2v) is 6.77. The third kappa shape index (κ3) is 3.35. The minimum atomic E-state index is -2.77. The Balaban J connectivity index is 1.67. The third-order valence-electron chi connectivity index (χ3n) is 4.91. The Kier molecular flexibility index (Phi) is 4.26. The number of alkyl halides is 2. The van der Waals surface area contributed by atoms with Crippen LogP contribution >= 0.6 is 0 Å². The van der Waals surface area contributed by atoms with Crippen LogP contribution in [0.4, 0.5) is 8.78 Å². The van der Waals surface area contributed by atoms with Crippen molar-refractivity contribution in [1.82, 2.24) is 9.80 Å². The summed E-state index contributed by atoms with van der Waals surface area (Å²) in [4.78, 5) is 4.09. The topological polar surface area (TPSA) is 32.5 Å². The van der Waals surface area contributed by atoms with Gasteiger partial charge in [-0.05, 0) is 49.8 Å². The Hall–Kier alpha value is -1.36. The Morgan fingerprint density at radius 2 is 2.09 bits per heavy atom. The zero-order valence-electron chi connectivity index (χ0n) is 13.1. The molecule has 3 aliphatic rings. The molecule has 2 saturated carbocycles. The zero-order valence-corrected chi connectivity index (χ0v) is 13.1. The van der Waals surface area contributed by atoms with Crippen LogP contribution < -0.4 is 5.73 Å². The molecule has 0 saturated heterocycles. The molecule has 0 amide bonds. The summed E-state index contributed by atoms with van der Waals surface area (Å²) in [6, 6.07) is -1.45. The van der Waals surface area contributed by atoms with Gasteiger partial charge < -0.3 is 15.5 Å². The molecule has 0 aromatic rings. The Morgan fingerprint density at radius 1 is 1.32 bits per heavy atom. The van der Waals surface area contributed by atoms with E-state index in [0.29, 0.717) is 12.8 Å². The molecule has 0 radical (unpaired) electrons. The highest BCUT2D eigenvalue weighted by Gasteiger charge is 2.46. The quantitative estimate of drug-likeness (QED) is 0.866. The molecule has 2 fully saturated rings. The summed E-state index contributed by atoms with van der Waals surface area (Å²) in [5, 5.41) is 0. The Morgan fingerprint density at radius 3 is 2.82 bits per heavy atom. The zero-order chi connectivity index (χ0) is 15.7. The number of hydrogen-bond acceptors (Lipinski definition) is 3. The van der Waals surface area contributed by atoms with Gasteiger partial charge in [0.1, 0.15) is 0 Å². The summed E-state index contributed by atoms with van der Waals surface area (Å²) in [5.41, 5.74) is 6.93. The molecule has 1 heterocycles. The van der Waals surface area contributed by atoms with E-state index in [4.69, 9.17) is 5.73 Å². The number of rotatable bonds is 4. The van der Waals surface area contributed by atoms with Crippen LogP contribution in [-0.4, -0.2) is 41.4 Å². The van der Waals surface area contributed by atoms with Gasteiger partial charge >= 0.3 is 0 Å². The van der Waals surface area contributed by atoms with E-state index < -0.39 is 12.0 Å². The van der Waals surface area contributed by atoms with Crippen LogP contribution in [0, 0.1) is 5.92 Å². The van der Waals surface area contributed by atoms with Gasteiger partial charge in [0.2, 0.25) is 0 Å². The fraction of sp³-hybridized carbons (Fsp3) is 0.647. The van der Waals surface area contributed by atoms with Crippen LogP contribution in [0.3, 0.4) is 0 Å². The summed E-state index contributed by atoms with van der Waals surface area (Å²) >= 11 is 0. The van der Waals surface area contributed by atoms with Gasteiger partial charge in [0.25, 0.3) is 5.92 Å². The predicted molar refractivity (Wildman–Crippen MR) is 84.1 cm³/mol. The van der Waals surface area contributed by atoms with E-state index >= 15 is 0 Å². The number of likely N-dealkylation sites (N-methyl/N-ethyl adjacent to an activating group) is 1. The highest BCUT2D eigenvalue weighted by molar-refractivity contribution is 5.26. The van der Waals surface area contributed by atoms with Crippen molar-refractivity contribution < 1.29 is 8.78 Å². The SMILES string of the molecule is CN(CC1CC1)C1=CC=CN([C@H]2CCCC(F)(F)[C@@H]2N)C=C1. The van der Waals surface area contributed by atoms with Crippen molar-refractivity contribution in [2.24, 2.45) is 11.7 Å². The monoisotopic (exact) mass is 309 g/mol. The fourth-order valence-corrected chi connectivity index (χ4v) is 3.29. The Bertz CT molecular complexity index is 494. The van der Waals surface area contributed by atoms with Crippen molar-refractivity contribution in [2.45, 2.75) is 50.1 Å². The van der Waals surface area contributed by atoms with E-state index in [2.05, 4.69) is 11.9 Å². The lowest BCUT2D eigenvalue weighted by molar-refractivity contribution is -0.0720.